The van der Waals surface area contributed by atoms with Crippen molar-refractivity contribution in [2.45, 2.75) is 46.0 Å². The fourth-order valence-corrected chi connectivity index (χ4v) is 4.62. The van der Waals surface area contributed by atoms with Crippen LogP contribution in [0, 0.1) is 11.8 Å². The van der Waals surface area contributed by atoms with Gasteiger partial charge in [0.25, 0.3) is 5.91 Å². The average molecular weight is 475 g/mol. The van der Waals surface area contributed by atoms with Crippen molar-refractivity contribution in [2.75, 3.05) is 16.8 Å². The Morgan fingerprint density at radius 3 is 2.46 bits per heavy atom. The highest BCUT2D eigenvalue weighted by atomic mass is 16.5. The first-order chi connectivity index (χ1) is 16.9. The number of esters is 1. The number of hydrogen-bond acceptors (Lipinski definition) is 5. The molecule has 0 bridgehead atoms. The monoisotopic (exact) mass is 474 g/mol. The Labute approximate surface area is 205 Å². The quantitative estimate of drug-likeness (QED) is 0.248. The van der Waals surface area contributed by atoms with E-state index in [1.54, 1.807) is 48.5 Å². The molecule has 1 aliphatic heterocycles. The highest BCUT2D eigenvalue weighted by molar-refractivity contribution is 6.25. The van der Waals surface area contributed by atoms with Crippen LogP contribution in [0.15, 0.2) is 60.2 Å². The summed E-state index contributed by atoms with van der Waals surface area (Å²) < 4.78 is 5.26. The number of fused-ring (bicyclic) bond motifs is 1. The Bertz CT molecular complexity index is 1170. The summed E-state index contributed by atoms with van der Waals surface area (Å²) in [7, 11) is 0. The third-order valence-electron chi connectivity index (χ3n) is 6.57. The lowest BCUT2D eigenvalue weighted by molar-refractivity contribution is -0.122. The van der Waals surface area contributed by atoms with E-state index in [0.717, 1.165) is 24.8 Å². The van der Waals surface area contributed by atoms with Gasteiger partial charge in [-0.15, -0.1) is 0 Å². The van der Waals surface area contributed by atoms with Crippen molar-refractivity contribution < 1.29 is 23.9 Å². The van der Waals surface area contributed by atoms with E-state index in [4.69, 9.17) is 4.74 Å². The molecule has 3 amide bonds. The van der Waals surface area contributed by atoms with E-state index >= 15 is 0 Å². The summed E-state index contributed by atoms with van der Waals surface area (Å²) in [5.74, 6) is -2.11. The lowest BCUT2D eigenvalue weighted by Gasteiger charge is -2.19. The zero-order valence-corrected chi connectivity index (χ0v) is 20.1. The minimum absolute atomic E-state index is 0.233. The fraction of sp³-hybridized carbons (Fsp3) is 0.357. The molecule has 35 heavy (non-hydrogen) atoms. The number of nitrogens with zero attached hydrogens (tertiary/aromatic N) is 1. The van der Waals surface area contributed by atoms with Gasteiger partial charge in [-0.25, -0.2) is 9.69 Å². The standard InChI is InChI=1S/C28H30N2O5/c1-3-4-7-16-35-28(34)19-11-13-20(14-12-19)29-25(31)22-8-5-6-9-24(22)30-26(32)21-15-10-18(2)17-23(21)27(30)33/h5-6,8-14,21,23H,3-4,7,15-17H2,1-2H3,(H,29,31)/t21-,23+/m1/s1. The molecule has 7 heteroatoms. The van der Waals surface area contributed by atoms with Gasteiger partial charge >= 0.3 is 5.97 Å². The number of allylic oxidation sites excluding steroid dienone is 2. The molecule has 0 radical (unpaired) electrons. The molecule has 0 unspecified atom stereocenters. The molecule has 0 aromatic heterocycles. The van der Waals surface area contributed by atoms with E-state index < -0.39 is 11.9 Å². The molecule has 2 atom stereocenters. The molecule has 0 spiro atoms. The molecular weight excluding hydrogens is 444 g/mol. The van der Waals surface area contributed by atoms with E-state index in [2.05, 4.69) is 12.2 Å². The zero-order chi connectivity index (χ0) is 24.9. The largest absolute Gasteiger partial charge is 0.462 e. The van der Waals surface area contributed by atoms with Crippen molar-refractivity contribution >= 4 is 35.1 Å². The first-order valence-electron chi connectivity index (χ1n) is 12.1. The van der Waals surface area contributed by atoms with Crippen LogP contribution in [0.1, 0.15) is 66.7 Å². The second kappa shape index (κ2) is 10.7. The van der Waals surface area contributed by atoms with Gasteiger partial charge in [-0.1, -0.05) is 43.5 Å². The molecule has 7 nitrogen and oxygen atoms in total. The molecule has 1 saturated heterocycles. The van der Waals surface area contributed by atoms with Crippen molar-refractivity contribution in [3.05, 3.63) is 71.3 Å². The zero-order valence-electron chi connectivity index (χ0n) is 20.1. The Hall–Kier alpha value is -3.74. The predicted molar refractivity (Wildman–Crippen MR) is 133 cm³/mol. The summed E-state index contributed by atoms with van der Waals surface area (Å²) in [6.45, 7) is 4.43. The summed E-state index contributed by atoms with van der Waals surface area (Å²) >= 11 is 0. The van der Waals surface area contributed by atoms with Gasteiger partial charge in [0.2, 0.25) is 11.8 Å². The van der Waals surface area contributed by atoms with Crippen LogP contribution in [0.2, 0.25) is 0 Å². The number of rotatable bonds is 8. The van der Waals surface area contributed by atoms with Crippen LogP contribution in [-0.4, -0.2) is 30.3 Å². The normalized spacial score (nSPS) is 19.3. The molecule has 2 aromatic carbocycles. The Morgan fingerprint density at radius 2 is 1.71 bits per heavy atom. The van der Waals surface area contributed by atoms with Crippen molar-refractivity contribution in [1.82, 2.24) is 0 Å². The first-order valence-corrected chi connectivity index (χ1v) is 12.1. The Morgan fingerprint density at radius 1 is 1.00 bits per heavy atom. The molecule has 1 heterocycles. The maximum Gasteiger partial charge on any atom is 0.338 e. The van der Waals surface area contributed by atoms with Gasteiger partial charge in [-0.05, 0) is 62.6 Å². The molecule has 2 aromatic rings. The van der Waals surface area contributed by atoms with Crippen molar-refractivity contribution in [3.63, 3.8) is 0 Å². The number of amides is 3. The Kier molecular flexibility index (Phi) is 7.44. The van der Waals surface area contributed by atoms with Crippen LogP contribution < -0.4 is 10.2 Å². The second-order valence-electron chi connectivity index (χ2n) is 9.11. The summed E-state index contributed by atoms with van der Waals surface area (Å²) in [4.78, 5) is 52.7. The number of nitrogens with one attached hydrogen (secondary N) is 1. The minimum atomic E-state index is -0.444. The highest BCUT2D eigenvalue weighted by Gasteiger charge is 2.49. The van der Waals surface area contributed by atoms with E-state index in [0.29, 0.717) is 36.4 Å². The van der Waals surface area contributed by atoms with Crippen LogP contribution >= 0.6 is 0 Å². The highest BCUT2D eigenvalue weighted by Crippen LogP contribution is 2.40. The van der Waals surface area contributed by atoms with E-state index in [9.17, 15) is 19.2 Å². The second-order valence-corrected chi connectivity index (χ2v) is 9.11. The van der Waals surface area contributed by atoms with Crippen molar-refractivity contribution in [2.24, 2.45) is 11.8 Å². The van der Waals surface area contributed by atoms with Gasteiger partial charge < -0.3 is 10.1 Å². The molecular formula is C28H30N2O5. The predicted octanol–water partition coefficient (Wildman–Crippen LogP) is 5.13. The van der Waals surface area contributed by atoms with Gasteiger partial charge in [0.15, 0.2) is 0 Å². The maximum absolute atomic E-state index is 13.1. The third-order valence-corrected chi connectivity index (χ3v) is 6.57. The number of benzene rings is 2. The number of carbonyl (C=O) groups is 4. The van der Waals surface area contributed by atoms with E-state index in [1.807, 2.05) is 13.0 Å². The van der Waals surface area contributed by atoms with Crippen LogP contribution in [0.3, 0.4) is 0 Å². The molecule has 1 fully saturated rings. The van der Waals surface area contributed by atoms with E-state index in [-0.39, 0.29) is 29.2 Å². The van der Waals surface area contributed by atoms with Crippen LogP contribution in [-0.2, 0) is 14.3 Å². The SMILES string of the molecule is CCCCCOC(=O)c1ccc(NC(=O)c2ccccc2N2C(=O)[C@H]3CC(C)=CC[C@H]3C2=O)cc1. The number of anilines is 2. The molecule has 4 rings (SSSR count). The van der Waals surface area contributed by atoms with Gasteiger partial charge in [0.1, 0.15) is 0 Å². The third kappa shape index (κ3) is 5.19. The van der Waals surface area contributed by atoms with Gasteiger partial charge in [-0.2, -0.15) is 0 Å². The van der Waals surface area contributed by atoms with Gasteiger partial charge in [0, 0.05) is 5.69 Å². The summed E-state index contributed by atoms with van der Waals surface area (Å²) in [5, 5.41) is 2.80. The first kappa shape index (κ1) is 24.4. The number of para-hydroxylation sites is 1. The Balaban J connectivity index is 1.47. The molecule has 1 aliphatic carbocycles. The van der Waals surface area contributed by atoms with Crippen molar-refractivity contribution in [1.29, 1.82) is 0 Å². The van der Waals surface area contributed by atoms with Crippen LogP contribution in [0.25, 0.3) is 0 Å². The molecule has 2 aliphatic rings. The van der Waals surface area contributed by atoms with Gasteiger partial charge in [-0.3, -0.25) is 14.4 Å². The number of carbonyl (C=O) groups excluding carboxylic acids is 4. The van der Waals surface area contributed by atoms with Crippen LogP contribution in [0.4, 0.5) is 11.4 Å². The number of hydrogen-bond donors (Lipinski definition) is 1. The fourth-order valence-electron chi connectivity index (χ4n) is 4.62. The van der Waals surface area contributed by atoms with E-state index in [1.165, 1.54) is 4.90 Å². The average Bonchev–Trinajstić information content (AvgIpc) is 3.11. The summed E-state index contributed by atoms with van der Waals surface area (Å²) in [6.07, 6.45) is 6.00. The van der Waals surface area contributed by atoms with Crippen molar-refractivity contribution in [3.8, 4) is 0 Å². The molecule has 0 saturated carbocycles. The lowest BCUT2D eigenvalue weighted by Crippen LogP contribution is -2.33. The number of ether oxygens (including phenoxy) is 1. The molecule has 182 valence electrons. The lowest BCUT2D eigenvalue weighted by atomic mass is 9.82. The van der Waals surface area contributed by atoms with Crippen LogP contribution in [0.5, 0.6) is 0 Å². The number of imide groups is 1. The minimum Gasteiger partial charge on any atom is -0.462 e. The molecule has 1 N–H and O–H groups in total. The van der Waals surface area contributed by atoms with Gasteiger partial charge in [0.05, 0.1) is 35.3 Å². The summed E-state index contributed by atoms with van der Waals surface area (Å²) in [6, 6.07) is 13.1. The number of unbranched alkanes of at least 4 members (excludes halogenated alkanes) is 2. The smallest absolute Gasteiger partial charge is 0.338 e. The summed E-state index contributed by atoms with van der Waals surface area (Å²) in [5.41, 5.74) is 2.52. The maximum atomic E-state index is 13.1. The topological polar surface area (TPSA) is 92.8 Å².